The molecule has 0 aliphatic carbocycles. The number of halogens is 6. The van der Waals surface area contributed by atoms with E-state index < -0.39 is 39.2 Å². The molecule has 0 saturated heterocycles. The molecule has 0 aromatic heterocycles. The smallest absolute Gasteiger partial charge is 0.280 e. The van der Waals surface area contributed by atoms with Crippen molar-refractivity contribution in [3.05, 3.63) is 58.7 Å². The molecule has 0 aliphatic rings. The van der Waals surface area contributed by atoms with Crippen molar-refractivity contribution in [2.24, 2.45) is 0 Å². The molecular formula is C18H15F6NO2S. The predicted octanol–water partition coefficient (Wildman–Crippen LogP) is 5.25. The Hall–Kier alpha value is -2.41. The number of rotatable bonds is 5. The van der Waals surface area contributed by atoms with E-state index in [1.807, 2.05) is 4.72 Å². The second kappa shape index (κ2) is 7.54. The van der Waals surface area contributed by atoms with Crippen molar-refractivity contribution in [1.82, 2.24) is 0 Å². The van der Waals surface area contributed by atoms with Gasteiger partial charge in [-0.2, -0.15) is 26.3 Å². The lowest BCUT2D eigenvalue weighted by Crippen LogP contribution is -2.18. The third-order valence-corrected chi connectivity index (χ3v) is 5.43. The highest BCUT2D eigenvalue weighted by Crippen LogP contribution is 2.38. The number of benzene rings is 1. The van der Waals surface area contributed by atoms with Gasteiger partial charge in [-0.25, -0.2) is 8.42 Å². The van der Waals surface area contributed by atoms with Crippen LogP contribution in [0.4, 0.5) is 32.0 Å². The lowest BCUT2D eigenvalue weighted by atomic mass is 10.1. The van der Waals surface area contributed by atoms with Crippen molar-refractivity contribution in [3.63, 3.8) is 0 Å². The predicted molar refractivity (Wildman–Crippen MR) is 90.1 cm³/mol. The quantitative estimate of drug-likeness (QED) is 0.668. The number of alkyl halides is 6. The van der Waals surface area contributed by atoms with Crippen LogP contribution in [0.2, 0.25) is 0 Å². The number of anilines is 1. The van der Waals surface area contributed by atoms with E-state index in [0.29, 0.717) is 17.7 Å². The third-order valence-electron chi connectivity index (χ3n) is 3.88. The van der Waals surface area contributed by atoms with Crippen molar-refractivity contribution in [2.75, 3.05) is 4.72 Å². The van der Waals surface area contributed by atoms with Gasteiger partial charge in [0.15, 0.2) is 0 Å². The van der Waals surface area contributed by atoms with Crippen LogP contribution in [0.5, 0.6) is 0 Å². The van der Waals surface area contributed by atoms with Crippen molar-refractivity contribution in [1.29, 1.82) is 0 Å². The van der Waals surface area contributed by atoms with Crippen LogP contribution in [0, 0.1) is 12.1 Å². The molecule has 152 valence electrons. The number of hydrogen-bond donors (Lipinski definition) is 1. The summed E-state index contributed by atoms with van der Waals surface area (Å²) in [6, 6.07) is 7.21. The first kappa shape index (κ1) is 21.9. The normalized spacial score (nSPS) is 12.6. The molecule has 1 N–H and O–H groups in total. The molecule has 2 aromatic rings. The largest absolute Gasteiger partial charge is 0.416 e. The first-order valence-corrected chi connectivity index (χ1v) is 9.54. The van der Waals surface area contributed by atoms with Crippen LogP contribution in [0.1, 0.15) is 36.1 Å². The molecule has 28 heavy (non-hydrogen) atoms. The van der Waals surface area contributed by atoms with Gasteiger partial charge in [-0.05, 0) is 42.7 Å². The molecule has 2 rings (SSSR count). The highest BCUT2D eigenvalue weighted by atomic mass is 32.2. The summed E-state index contributed by atoms with van der Waals surface area (Å²) in [6.07, 6.45) is -9.66. The zero-order chi connectivity index (χ0) is 21.3. The Kier molecular flexibility index (Phi) is 5.90. The lowest BCUT2D eigenvalue weighted by molar-refractivity contribution is -0.143. The van der Waals surface area contributed by atoms with Crippen molar-refractivity contribution in [2.45, 2.75) is 43.9 Å². The van der Waals surface area contributed by atoms with Crippen molar-refractivity contribution < 1.29 is 34.8 Å². The number of nitrogens with one attached hydrogen (secondary N) is 1. The standard InChI is InChI=1S/C18H15F6NO2S/c1-3-11-6-5-7-12(4-2)16(11)28(26,27)25-15-9-13(17(19,20)21)8-14(10-15)18(22,23)24/h6,8-10,25H,3-4H2,1-2H3. The van der Waals surface area contributed by atoms with Gasteiger partial charge in [0.2, 0.25) is 0 Å². The highest BCUT2D eigenvalue weighted by molar-refractivity contribution is 7.92. The van der Waals surface area contributed by atoms with Crippen molar-refractivity contribution >= 4 is 15.7 Å². The minimum absolute atomic E-state index is 0.0714. The molecule has 0 atom stereocenters. The van der Waals surface area contributed by atoms with Crippen LogP contribution in [-0.2, 0) is 35.2 Å². The van der Waals surface area contributed by atoms with Gasteiger partial charge in [-0.15, -0.1) is 0 Å². The second-order valence-corrected chi connectivity index (χ2v) is 7.47. The Balaban J connectivity index is 2.62. The zero-order valence-electron chi connectivity index (χ0n) is 14.7. The van der Waals surface area contributed by atoms with Gasteiger partial charge >= 0.3 is 12.4 Å². The molecule has 0 spiro atoms. The molecule has 0 fully saturated rings. The molecule has 0 bridgehead atoms. The second-order valence-electron chi connectivity index (χ2n) is 5.85. The fourth-order valence-corrected chi connectivity index (χ4v) is 4.19. The number of hydrogen-bond acceptors (Lipinski definition) is 2. The molecule has 0 amide bonds. The van der Waals surface area contributed by atoms with E-state index in [1.165, 1.54) is 6.07 Å². The Labute approximate surface area is 158 Å². The van der Waals surface area contributed by atoms with E-state index in [0.717, 1.165) is 0 Å². The fraction of sp³-hybridized carbons (Fsp3) is 0.333. The third kappa shape index (κ3) is 4.70. The molecule has 2 aromatic carbocycles. The Morgan fingerprint density at radius 1 is 0.929 bits per heavy atom. The van der Waals surface area contributed by atoms with Crippen LogP contribution in [0.3, 0.4) is 0 Å². The van der Waals surface area contributed by atoms with E-state index in [-0.39, 0.29) is 29.4 Å². The summed E-state index contributed by atoms with van der Waals surface area (Å²) in [5, 5.41) is 0. The van der Waals surface area contributed by atoms with E-state index in [4.69, 9.17) is 0 Å². The average Bonchev–Trinajstić information content (AvgIpc) is 2.58. The van der Waals surface area contributed by atoms with Gasteiger partial charge < -0.3 is 0 Å². The van der Waals surface area contributed by atoms with Gasteiger partial charge in [-0.3, -0.25) is 4.72 Å². The van der Waals surface area contributed by atoms with Crippen molar-refractivity contribution in [3.8, 4) is 0 Å². The van der Waals surface area contributed by atoms with E-state index in [9.17, 15) is 34.8 Å². The van der Waals surface area contributed by atoms with Gasteiger partial charge in [0.25, 0.3) is 10.0 Å². The zero-order valence-corrected chi connectivity index (χ0v) is 15.5. The summed E-state index contributed by atoms with van der Waals surface area (Å²) >= 11 is 0. The van der Waals surface area contributed by atoms with Crippen LogP contribution in [0.15, 0.2) is 29.2 Å². The van der Waals surface area contributed by atoms with Gasteiger partial charge in [0.1, 0.15) is 4.90 Å². The fourth-order valence-electron chi connectivity index (χ4n) is 2.59. The molecule has 0 saturated carbocycles. The molecule has 3 nitrogen and oxygen atoms in total. The first-order valence-electron chi connectivity index (χ1n) is 8.06. The van der Waals surface area contributed by atoms with E-state index in [2.05, 4.69) is 12.1 Å². The summed E-state index contributed by atoms with van der Waals surface area (Å²) in [6.45, 7) is 3.30. The molecule has 10 heteroatoms. The van der Waals surface area contributed by atoms with Gasteiger partial charge in [-0.1, -0.05) is 26.0 Å². The molecule has 0 unspecified atom stereocenters. The average molecular weight is 423 g/mol. The molecular weight excluding hydrogens is 408 g/mol. The maximum Gasteiger partial charge on any atom is 0.416 e. The summed E-state index contributed by atoms with van der Waals surface area (Å²) in [5.41, 5.74) is -3.50. The maximum atomic E-state index is 13.0. The van der Waals surface area contributed by atoms with E-state index >= 15 is 0 Å². The van der Waals surface area contributed by atoms with E-state index in [1.54, 1.807) is 13.8 Å². The Morgan fingerprint density at radius 2 is 1.46 bits per heavy atom. The van der Waals surface area contributed by atoms with Crippen LogP contribution < -0.4 is 4.72 Å². The Morgan fingerprint density at radius 3 is 1.89 bits per heavy atom. The number of sulfonamides is 1. The molecule has 0 radical (unpaired) electrons. The topological polar surface area (TPSA) is 46.2 Å². The first-order chi connectivity index (χ1) is 12.8. The number of aryl methyl sites for hydroxylation is 1. The monoisotopic (exact) mass is 423 g/mol. The Bertz CT molecular complexity index is 911. The molecule has 0 heterocycles. The summed E-state index contributed by atoms with van der Waals surface area (Å²) in [5.74, 6) is 0. The van der Waals surface area contributed by atoms with Crippen LogP contribution >= 0.6 is 0 Å². The SMILES string of the molecule is CCc1c#ccc(CC)c1S(=O)(=O)Nc1cc(C(F)(F)F)cc(C(F)(F)F)c1. The van der Waals surface area contributed by atoms with Gasteiger partial charge in [0.05, 0.1) is 16.8 Å². The van der Waals surface area contributed by atoms with Crippen LogP contribution in [0.25, 0.3) is 0 Å². The molecule has 0 aliphatic heterocycles. The minimum atomic E-state index is -5.08. The summed E-state index contributed by atoms with van der Waals surface area (Å²) in [4.78, 5) is -0.220. The highest BCUT2D eigenvalue weighted by Gasteiger charge is 2.37. The minimum Gasteiger partial charge on any atom is -0.280 e. The summed E-state index contributed by atoms with van der Waals surface area (Å²) in [7, 11) is -4.46. The van der Waals surface area contributed by atoms with Gasteiger partial charge in [0, 0.05) is 5.56 Å². The summed E-state index contributed by atoms with van der Waals surface area (Å²) < 4.78 is 105. The lowest BCUT2D eigenvalue weighted by Gasteiger charge is -2.17. The van der Waals surface area contributed by atoms with Crippen LogP contribution in [-0.4, -0.2) is 8.42 Å². The maximum absolute atomic E-state index is 13.0.